The maximum atomic E-state index is 13.2. The van der Waals surface area contributed by atoms with E-state index in [1.165, 1.54) is 30.3 Å². The Morgan fingerprint density at radius 3 is 1.96 bits per heavy atom. The van der Waals surface area contributed by atoms with Crippen LogP contribution in [0.5, 0.6) is 0 Å². The molecule has 1 atom stereocenters. The third-order valence-corrected chi connectivity index (χ3v) is 5.93. The molecule has 1 N–H and O–H groups in total. The Morgan fingerprint density at radius 1 is 0.704 bits per heavy atom. The lowest BCUT2D eigenvalue weighted by molar-refractivity contribution is 0.0692. The molecule has 0 aromatic heterocycles. The second-order valence-corrected chi connectivity index (χ2v) is 7.37. The minimum absolute atomic E-state index is 0.0692. The molecule has 0 saturated carbocycles. The summed E-state index contributed by atoms with van der Waals surface area (Å²) in [5, 5.41) is 9.37. The summed E-state index contributed by atoms with van der Waals surface area (Å²) in [5.41, 5.74) is 0.704. The number of fused-ring (bicyclic) bond motifs is 2. The number of ketones is 2. The average Bonchev–Trinajstić information content (AvgIpc) is 2.71. The van der Waals surface area contributed by atoms with Gasteiger partial charge >= 0.3 is 5.97 Å². The van der Waals surface area contributed by atoms with Crippen LogP contribution in [0.4, 0.5) is 0 Å². The fourth-order valence-electron chi connectivity index (χ4n) is 3.19. The molecule has 4 rings (SSSR count). The smallest absolute Gasteiger partial charge is 0.336 e. The molecule has 1 aliphatic carbocycles. The maximum Gasteiger partial charge on any atom is 0.336 e. The maximum absolute atomic E-state index is 13.2. The summed E-state index contributed by atoms with van der Waals surface area (Å²) in [6.45, 7) is 0. The minimum Gasteiger partial charge on any atom is -0.478 e. The number of rotatable bonds is 3. The van der Waals surface area contributed by atoms with Crippen molar-refractivity contribution in [3.05, 3.63) is 94.5 Å². The van der Waals surface area contributed by atoms with Gasteiger partial charge in [-0.25, -0.2) is 9.00 Å². The number of aromatic carboxylic acids is 1. The van der Waals surface area contributed by atoms with Crippen LogP contribution in [0.15, 0.2) is 76.5 Å². The molecule has 0 saturated heterocycles. The first-order valence-electron chi connectivity index (χ1n) is 8.06. The molecule has 6 heteroatoms. The van der Waals surface area contributed by atoms with E-state index in [9.17, 15) is 23.7 Å². The zero-order valence-electron chi connectivity index (χ0n) is 13.8. The highest BCUT2D eigenvalue weighted by Gasteiger charge is 2.33. The number of carbonyl (C=O) groups is 3. The fourth-order valence-corrected chi connectivity index (χ4v) is 4.58. The minimum atomic E-state index is -1.93. The molecule has 132 valence electrons. The molecule has 3 aromatic rings. The van der Waals surface area contributed by atoms with E-state index in [0.29, 0.717) is 5.56 Å². The molecule has 0 unspecified atom stereocenters. The largest absolute Gasteiger partial charge is 0.478 e. The topological polar surface area (TPSA) is 88.5 Å². The zero-order chi connectivity index (χ0) is 19.1. The van der Waals surface area contributed by atoms with E-state index in [4.69, 9.17) is 0 Å². The van der Waals surface area contributed by atoms with E-state index in [0.717, 1.165) is 0 Å². The molecule has 0 heterocycles. The molecule has 0 bridgehead atoms. The van der Waals surface area contributed by atoms with Crippen molar-refractivity contribution in [3.8, 4) is 0 Å². The average molecular weight is 376 g/mol. The van der Waals surface area contributed by atoms with Gasteiger partial charge in [-0.2, -0.15) is 0 Å². The van der Waals surface area contributed by atoms with Crippen molar-refractivity contribution in [2.75, 3.05) is 0 Å². The summed E-state index contributed by atoms with van der Waals surface area (Å²) >= 11 is 0. The molecule has 3 aromatic carbocycles. The van der Waals surface area contributed by atoms with Gasteiger partial charge < -0.3 is 5.11 Å². The van der Waals surface area contributed by atoms with Crippen molar-refractivity contribution in [3.63, 3.8) is 0 Å². The van der Waals surface area contributed by atoms with Crippen LogP contribution in [0.2, 0.25) is 0 Å². The van der Waals surface area contributed by atoms with Crippen molar-refractivity contribution in [1.29, 1.82) is 0 Å². The van der Waals surface area contributed by atoms with E-state index < -0.39 is 22.6 Å². The van der Waals surface area contributed by atoms with Gasteiger partial charge in [0.05, 0.1) is 31.7 Å². The summed E-state index contributed by atoms with van der Waals surface area (Å²) in [4.78, 5) is 37.5. The van der Waals surface area contributed by atoms with Crippen LogP contribution in [0.3, 0.4) is 0 Å². The zero-order valence-corrected chi connectivity index (χ0v) is 14.7. The Hall–Kier alpha value is -3.38. The fraction of sp³-hybridized carbons (Fsp3) is 0. The van der Waals surface area contributed by atoms with Crippen LogP contribution in [-0.4, -0.2) is 26.9 Å². The second kappa shape index (κ2) is 6.41. The molecule has 0 aliphatic heterocycles. The van der Waals surface area contributed by atoms with E-state index in [1.54, 1.807) is 36.4 Å². The number of carboxylic acids is 1. The summed E-state index contributed by atoms with van der Waals surface area (Å²) in [6.07, 6.45) is 0. The summed E-state index contributed by atoms with van der Waals surface area (Å²) in [5.74, 6) is -1.92. The Kier molecular flexibility index (Phi) is 4.05. The third-order valence-electron chi connectivity index (χ3n) is 4.43. The van der Waals surface area contributed by atoms with E-state index >= 15 is 0 Å². The summed E-state index contributed by atoms with van der Waals surface area (Å²) in [7, 11) is -1.93. The molecule has 0 radical (unpaired) electrons. The Labute approximate surface area is 156 Å². The number of benzene rings is 3. The molecule has 0 amide bonds. The van der Waals surface area contributed by atoms with E-state index in [1.807, 2.05) is 0 Å². The van der Waals surface area contributed by atoms with Crippen molar-refractivity contribution >= 4 is 28.3 Å². The highest BCUT2D eigenvalue weighted by Crippen LogP contribution is 2.33. The normalized spacial score (nSPS) is 13.6. The van der Waals surface area contributed by atoms with Crippen LogP contribution >= 0.6 is 0 Å². The lowest BCUT2D eigenvalue weighted by Crippen LogP contribution is -2.23. The molecular weight excluding hydrogens is 364 g/mol. The van der Waals surface area contributed by atoms with Gasteiger partial charge in [0.2, 0.25) is 0 Å². The van der Waals surface area contributed by atoms with Crippen LogP contribution < -0.4 is 0 Å². The van der Waals surface area contributed by atoms with Gasteiger partial charge in [-0.3, -0.25) is 9.59 Å². The van der Waals surface area contributed by atoms with Gasteiger partial charge in [-0.05, 0) is 18.2 Å². The number of hydrogen-bond donors (Lipinski definition) is 1. The molecule has 0 spiro atoms. The quantitative estimate of drug-likeness (QED) is 0.592. The van der Waals surface area contributed by atoms with E-state index in [-0.39, 0.29) is 37.8 Å². The van der Waals surface area contributed by atoms with Gasteiger partial charge in [0.1, 0.15) is 0 Å². The van der Waals surface area contributed by atoms with Gasteiger partial charge in [0, 0.05) is 16.7 Å². The monoisotopic (exact) mass is 376 g/mol. The first-order chi connectivity index (χ1) is 13.0. The predicted molar refractivity (Wildman–Crippen MR) is 97.8 cm³/mol. The molecule has 1 aliphatic rings. The van der Waals surface area contributed by atoms with Crippen LogP contribution in [-0.2, 0) is 10.8 Å². The van der Waals surface area contributed by atoms with Crippen molar-refractivity contribution < 1.29 is 23.7 Å². The van der Waals surface area contributed by atoms with Gasteiger partial charge in [-0.15, -0.1) is 0 Å². The number of hydrogen-bond acceptors (Lipinski definition) is 4. The summed E-state index contributed by atoms with van der Waals surface area (Å²) in [6, 6.07) is 17.0. The lowest BCUT2D eigenvalue weighted by atomic mass is 9.84. The lowest BCUT2D eigenvalue weighted by Gasteiger charge is -2.20. The Morgan fingerprint density at radius 2 is 1.26 bits per heavy atom. The highest BCUT2D eigenvalue weighted by atomic mass is 32.2. The first-order valence-corrected chi connectivity index (χ1v) is 9.21. The molecular formula is C21H12O5S. The SMILES string of the molecule is O=C(O)c1ccccc1[S@@](=O)c1cccc2c1C(=O)c1ccccc1C2=O. The van der Waals surface area contributed by atoms with Gasteiger partial charge in [0.25, 0.3) is 0 Å². The molecule has 27 heavy (non-hydrogen) atoms. The van der Waals surface area contributed by atoms with Gasteiger partial charge in [-0.1, -0.05) is 48.5 Å². The Bertz CT molecular complexity index is 1160. The highest BCUT2D eigenvalue weighted by molar-refractivity contribution is 7.85. The first kappa shape index (κ1) is 17.1. The molecule has 0 fully saturated rings. The third kappa shape index (κ3) is 2.62. The standard InChI is InChI=1S/C21H12O5S/c22-19-12-6-1-2-7-13(12)20(23)18-15(19)9-5-11-17(18)27(26)16-10-4-3-8-14(16)21(24)25/h1-11H,(H,24,25)/t27-/m1/s1. The summed E-state index contributed by atoms with van der Waals surface area (Å²) < 4.78 is 13.2. The van der Waals surface area contributed by atoms with Crippen molar-refractivity contribution in [2.45, 2.75) is 9.79 Å². The van der Waals surface area contributed by atoms with E-state index in [2.05, 4.69) is 0 Å². The van der Waals surface area contributed by atoms with Crippen LogP contribution in [0.25, 0.3) is 0 Å². The second-order valence-electron chi connectivity index (χ2n) is 5.95. The van der Waals surface area contributed by atoms with Crippen LogP contribution in [0, 0.1) is 0 Å². The van der Waals surface area contributed by atoms with Crippen molar-refractivity contribution in [1.82, 2.24) is 0 Å². The van der Waals surface area contributed by atoms with Crippen molar-refractivity contribution in [2.24, 2.45) is 0 Å². The van der Waals surface area contributed by atoms with Gasteiger partial charge in [0.15, 0.2) is 11.6 Å². The number of carbonyl (C=O) groups excluding carboxylic acids is 2. The Balaban J connectivity index is 1.94. The van der Waals surface area contributed by atoms with Crippen LogP contribution in [0.1, 0.15) is 42.2 Å². The molecule has 5 nitrogen and oxygen atoms in total. The predicted octanol–water partition coefficient (Wildman–Crippen LogP) is 3.33. The number of carboxylic acid groups (broad SMARTS) is 1.